The van der Waals surface area contributed by atoms with Crippen LogP contribution in [0.25, 0.3) is 0 Å². The summed E-state index contributed by atoms with van der Waals surface area (Å²) in [6, 6.07) is 0. The van der Waals surface area contributed by atoms with Gasteiger partial charge in [-0.25, -0.2) is 0 Å². The van der Waals surface area contributed by atoms with Gasteiger partial charge in [0.25, 0.3) is 0 Å². The van der Waals surface area contributed by atoms with Crippen molar-refractivity contribution in [3.8, 4) is 0 Å². The standard InChI is InChI=1S/C21H36O/c1-19(2)12-18-16-8-6-14-5-7-15(22)11-21(14,4)17(16)9-10-20(18,3)13-19/h14-18,22H,5-13H2,1-4H3/t14?,15?,16-,17-,18+,20-,21+/m1/s1. The first-order valence-electron chi connectivity index (χ1n) is 9.92. The lowest BCUT2D eigenvalue weighted by Crippen LogP contribution is -2.53. The third kappa shape index (κ3) is 2.14. The van der Waals surface area contributed by atoms with Gasteiger partial charge < -0.3 is 5.11 Å². The van der Waals surface area contributed by atoms with E-state index in [1.807, 2.05) is 0 Å². The summed E-state index contributed by atoms with van der Waals surface area (Å²) in [5, 5.41) is 10.3. The van der Waals surface area contributed by atoms with Gasteiger partial charge in [-0.3, -0.25) is 0 Å². The molecule has 126 valence electrons. The van der Waals surface area contributed by atoms with Gasteiger partial charge in [-0.15, -0.1) is 0 Å². The number of aliphatic hydroxyl groups is 1. The molecule has 0 heterocycles. The van der Waals surface area contributed by atoms with Crippen LogP contribution in [0.15, 0.2) is 0 Å². The normalized spacial score (nSPS) is 56.9. The minimum atomic E-state index is -0.0201. The number of aliphatic hydroxyl groups excluding tert-OH is 1. The molecule has 1 N–H and O–H groups in total. The minimum Gasteiger partial charge on any atom is -0.393 e. The number of rotatable bonds is 0. The van der Waals surface area contributed by atoms with Crippen molar-refractivity contribution in [2.75, 3.05) is 0 Å². The largest absolute Gasteiger partial charge is 0.393 e. The first-order chi connectivity index (χ1) is 10.2. The Balaban J connectivity index is 1.64. The maximum Gasteiger partial charge on any atom is 0.0545 e. The van der Waals surface area contributed by atoms with Crippen molar-refractivity contribution in [1.82, 2.24) is 0 Å². The van der Waals surface area contributed by atoms with Crippen LogP contribution >= 0.6 is 0 Å². The van der Waals surface area contributed by atoms with E-state index in [-0.39, 0.29) is 6.10 Å². The predicted molar refractivity (Wildman–Crippen MR) is 91.5 cm³/mol. The zero-order chi connectivity index (χ0) is 15.8. The van der Waals surface area contributed by atoms with Crippen LogP contribution in [-0.2, 0) is 0 Å². The van der Waals surface area contributed by atoms with Crippen LogP contribution in [0.2, 0.25) is 0 Å². The molecule has 4 rings (SSSR count). The summed E-state index contributed by atoms with van der Waals surface area (Å²) in [6.45, 7) is 10.2. The Morgan fingerprint density at radius 3 is 2.32 bits per heavy atom. The Hall–Kier alpha value is -0.0400. The molecule has 0 amide bonds. The highest BCUT2D eigenvalue weighted by atomic mass is 16.3. The fourth-order valence-electron chi connectivity index (χ4n) is 8.10. The Morgan fingerprint density at radius 2 is 1.55 bits per heavy atom. The SMILES string of the molecule is CC1(C)C[C@H]2[C@@H]3CCC4CCC(O)C[C@]4(C)[C@@H]3CC[C@]2(C)C1. The van der Waals surface area contributed by atoms with E-state index < -0.39 is 0 Å². The summed E-state index contributed by atoms with van der Waals surface area (Å²) < 4.78 is 0. The highest BCUT2D eigenvalue weighted by Gasteiger charge is 2.60. The summed E-state index contributed by atoms with van der Waals surface area (Å²) >= 11 is 0. The van der Waals surface area contributed by atoms with E-state index in [4.69, 9.17) is 0 Å². The zero-order valence-corrected chi connectivity index (χ0v) is 15.2. The molecular weight excluding hydrogens is 268 g/mol. The van der Waals surface area contributed by atoms with Gasteiger partial charge in [0, 0.05) is 0 Å². The molecule has 0 saturated heterocycles. The smallest absolute Gasteiger partial charge is 0.0545 e. The molecule has 22 heavy (non-hydrogen) atoms. The van der Waals surface area contributed by atoms with Gasteiger partial charge >= 0.3 is 0 Å². The van der Waals surface area contributed by atoms with E-state index in [0.29, 0.717) is 16.2 Å². The Bertz CT molecular complexity index is 455. The summed E-state index contributed by atoms with van der Waals surface area (Å²) in [6.07, 6.45) is 12.1. The highest BCUT2D eigenvalue weighted by molar-refractivity contribution is 5.09. The van der Waals surface area contributed by atoms with Crippen LogP contribution in [0.4, 0.5) is 0 Å². The van der Waals surface area contributed by atoms with Crippen LogP contribution in [0.3, 0.4) is 0 Å². The molecular formula is C21H36O. The monoisotopic (exact) mass is 304 g/mol. The Morgan fingerprint density at radius 1 is 0.818 bits per heavy atom. The molecule has 0 spiro atoms. The van der Waals surface area contributed by atoms with Gasteiger partial charge in [0.2, 0.25) is 0 Å². The second-order valence-electron chi connectivity index (χ2n) is 10.8. The van der Waals surface area contributed by atoms with E-state index in [9.17, 15) is 5.11 Å². The van der Waals surface area contributed by atoms with Gasteiger partial charge in [0.15, 0.2) is 0 Å². The second-order valence-corrected chi connectivity index (χ2v) is 10.8. The first-order valence-corrected chi connectivity index (χ1v) is 9.92. The van der Waals surface area contributed by atoms with Crippen LogP contribution in [0.1, 0.15) is 85.5 Å². The maximum atomic E-state index is 10.3. The summed E-state index contributed by atoms with van der Waals surface area (Å²) in [7, 11) is 0. The van der Waals surface area contributed by atoms with E-state index in [2.05, 4.69) is 27.7 Å². The molecule has 4 aliphatic rings. The number of hydrogen-bond acceptors (Lipinski definition) is 1. The average Bonchev–Trinajstić information content (AvgIpc) is 2.66. The maximum absolute atomic E-state index is 10.3. The molecule has 0 aromatic carbocycles. The lowest BCUT2D eigenvalue weighted by atomic mass is 9.45. The summed E-state index contributed by atoms with van der Waals surface area (Å²) in [4.78, 5) is 0. The third-order valence-electron chi connectivity index (χ3n) is 8.76. The molecule has 1 heteroatoms. The highest BCUT2D eigenvalue weighted by Crippen LogP contribution is 2.68. The topological polar surface area (TPSA) is 20.2 Å². The van der Waals surface area contributed by atoms with E-state index in [0.717, 1.165) is 36.5 Å². The minimum absolute atomic E-state index is 0.0201. The van der Waals surface area contributed by atoms with E-state index in [1.165, 1.54) is 44.9 Å². The molecule has 2 unspecified atom stereocenters. The van der Waals surface area contributed by atoms with Crippen molar-refractivity contribution in [3.05, 3.63) is 0 Å². The molecule has 1 nitrogen and oxygen atoms in total. The molecule has 7 atom stereocenters. The third-order valence-corrected chi connectivity index (χ3v) is 8.76. The van der Waals surface area contributed by atoms with Crippen molar-refractivity contribution in [3.63, 3.8) is 0 Å². The molecule has 4 saturated carbocycles. The Labute approximate surface area is 137 Å². The summed E-state index contributed by atoms with van der Waals surface area (Å²) in [5.74, 6) is 3.70. The summed E-state index contributed by atoms with van der Waals surface area (Å²) in [5.41, 5.74) is 1.61. The average molecular weight is 305 g/mol. The molecule has 0 aromatic rings. The van der Waals surface area contributed by atoms with E-state index in [1.54, 1.807) is 0 Å². The van der Waals surface area contributed by atoms with Crippen LogP contribution in [0, 0.1) is 39.9 Å². The molecule has 0 radical (unpaired) electrons. The van der Waals surface area contributed by atoms with Crippen molar-refractivity contribution in [1.29, 1.82) is 0 Å². The van der Waals surface area contributed by atoms with Gasteiger partial charge in [0.05, 0.1) is 6.10 Å². The zero-order valence-electron chi connectivity index (χ0n) is 15.2. The second kappa shape index (κ2) is 4.74. The number of hydrogen-bond donors (Lipinski definition) is 1. The number of fused-ring (bicyclic) bond motifs is 5. The van der Waals surface area contributed by atoms with Gasteiger partial charge in [-0.2, -0.15) is 0 Å². The Kier molecular flexibility index (Phi) is 3.34. The lowest BCUT2D eigenvalue weighted by Gasteiger charge is -2.60. The van der Waals surface area contributed by atoms with Crippen LogP contribution in [-0.4, -0.2) is 11.2 Å². The van der Waals surface area contributed by atoms with Crippen molar-refractivity contribution < 1.29 is 5.11 Å². The molecule has 4 fully saturated rings. The van der Waals surface area contributed by atoms with Crippen LogP contribution < -0.4 is 0 Å². The van der Waals surface area contributed by atoms with Gasteiger partial charge in [-0.1, -0.05) is 27.7 Å². The molecule has 0 bridgehead atoms. The lowest BCUT2D eigenvalue weighted by molar-refractivity contribution is -0.124. The molecule has 0 aromatic heterocycles. The molecule has 0 aliphatic heterocycles. The van der Waals surface area contributed by atoms with Crippen molar-refractivity contribution in [2.24, 2.45) is 39.9 Å². The van der Waals surface area contributed by atoms with Crippen molar-refractivity contribution >= 4 is 0 Å². The first kappa shape index (κ1) is 15.5. The fourth-order valence-corrected chi connectivity index (χ4v) is 8.10. The fraction of sp³-hybridized carbons (Fsp3) is 1.00. The van der Waals surface area contributed by atoms with Crippen molar-refractivity contribution in [2.45, 2.75) is 91.6 Å². The molecule has 4 aliphatic carbocycles. The van der Waals surface area contributed by atoms with Crippen LogP contribution in [0.5, 0.6) is 0 Å². The predicted octanol–water partition coefficient (Wildman–Crippen LogP) is 5.42. The van der Waals surface area contributed by atoms with E-state index >= 15 is 0 Å². The van der Waals surface area contributed by atoms with Gasteiger partial charge in [-0.05, 0) is 97.7 Å². The van der Waals surface area contributed by atoms with Gasteiger partial charge in [0.1, 0.15) is 0 Å². The quantitative estimate of drug-likeness (QED) is 0.634.